The van der Waals surface area contributed by atoms with Crippen LogP contribution in [0.4, 0.5) is 5.69 Å². The predicted octanol–water partition coefficient (Wildman–Crippen LogP) is 3.03. The summed E-state index contributed by atoms with van der Waals surface area (Å²) in [5, 5.41) is 18.5. The van der Waals surface area contributed by atoms with Crippen LogP contribution in [0.15, 0.2) is 30.5 Å². The Balaban J connectivity index is 2.48. The molecule has 108 valence electrons. The molecule has 0 aliphatic rings. The van der Waals surface area contributed by atoms with Gasteiger partial charge in [0, 0.05) is 12.3 Å². The van der Waals surface area contributed by atoms with Gasteiger partial charge in [0.25, 0.3) is 5.69 Å². The largest absolute Gasteiger partial charge is 0.436 e. The molecule has 2 rings (SSSR count). The maximum atomic E-state index is 10.8. The Morgan fingerprint density at radius 2 is 2.19 bits per heavy atom. The number of nitrogen functional groups attached to an aromatic ring is 1. The Kier molecular flexibility index (Phi) is 4.04. The summed E-state index contributed by atoms with van der Waals surface area (Å²) in [5.41, 5.74) is 6.37. The molecule has 2 aromatic rings. The number of nitrogens with zero attached hydrogens (tertiary/aromatic N) is 2. The SMILES string of the molecule is Cc1ccnc(Oc2cc([N+](=O)[O-])ccc2Cl)c1C(=N)N. The van der Waals surface area contributed by atoms with Crippen LogP contribution in [-0.2, 0) is 0 Å². The van der Waals surface area contributed by atoms with Crippen molar-refractivity contribution in [3.8, 4) is 11.6 Å². The summed E-state index contributed by atoms with van der Waals surface area (Å²) in [6, 6.07) is 5.50. The molecule has 0 aliphatic carbocycles. The van der Waals surface area contributed by atoms with E-state index in [4.69, 9.17) is 27.5 Å². The molecular formula is C13H11ClN4O3. The highest BCUT2D eigenvalue weighted by Gasteiger charge is 2.16. The van der Waals surface area contributed by atoms with Gasteiger partial charge in [0.05, 0.1) is 21.6 Å². The molecule has 0 amide bonds. The number of nitro benzene ring substituents is 1. The zero-order valence-electron chi connectivity index (χ0n) is 11.0. The second-order valence-corrected chi connectivity index (χ2v) is 4.60. The van der Waals surface area contributed by atoms with Gasteiger partial charge in [-0.15, -0.1) is 0 Å². The summed E-state index contributed by atoms with van der Waals surface area (Å²) in [4.78, 5) is 14.2. The fourth-order valence-electron chi connectivity index (χ4n) is 1.73. The second-order valence-electron chi connectivity index (χ2n) is 4.20. The zero-order chi connectivity index (χ0) is 15.6. The van der Waals surface area contributed by atoms with Crippen molar-refractivity contribution in [3.05, 3.63) is 56.7 Å². The van der Waals surface area contributed by atoms with Crippen LogP contribution < -0.4 is 10.5 Å². The smallest absolute Gasteiger partial charge is 0.273 e. The van der Waals surface area contributed by atoms with Gasteiger partial charge >= 0.3 is 0 Å². The number of hydrogen-bond donors (Lipinski definition) is 2. The highest BCUT2D eigenvalue weighted by atomic mass is 35.5. The van der Waals surface area contributed by atoms with Gasteiger partial charge in [-0.1, -0.05) is 11.6 Å². The Labute approximate surface area is 125 Å². The first-order valence-electron chi connectivity index (χ1n) is 5.82. The van der Waals surface area contributed by atoms with E-state index in [0.29, 0.717) is 11.1 Å². The molecule has 0 fully saturated rings. The molecule has 1 aromatic carbocycles. The lowest BCUT2D eigenvalue weighted by atomic mass is 10.1. The first-order valence-corrected chi connectivity index (χ1v) is 6.19. The van der Waals surface area contributed by atoms with Crippen molar-refractivity contribution in [1.29, 1.82) is 5.41 Å². The minimum atomic E-state index is -0.557. The lowest BCUT2D eigenvalue weighted by Gasteiger charge is -2.11. The van der Waals surface area contributed by atoms with Crippen LogP contribution in [0.3, 0.4) is 0 Å². The van der Waals surface area contributed by atoms with Crippen LogP contribution in [0.5, 0.6) is 11.6 Å². The number of hydrogen-bond acceptors (Lipinski definition) is 5. The molecule has 8 heteroatoms. The average Bonchev–Trinajstić information content (AvgIpc) is 2.40. The van der Waals surface area contributed by atoms with Crippen molar-refractivity contribution in [2.24, 2.45) is 5.73 Å². The van der Waals surface area contributed by atoms with E-state index in [9.17, 15) is 10.1 Å². The molecule has 0 bridgehead atoms. The number of rotatable bonds is 4. The summed E-state index contributed by atoms with van der Waals surface area (Å²) in [5.74, 6) is -0.0616. The van der Waals surface area contributed by atoms with Gasteiger partial charge in [-0.2, -0.15) is 0 Å². The van der Waals surface area contributed by atoms with Gasteiger partial charge in [-0.25, -0.2) is 4.98 Å². The van der Waals surface area contributed by atoms with Crippen molar-refractivity contribution >= 4 is 23.1 Å². The quantitative estimate of drug-likeness (QED) is 0.390. The number of halogens is 1. The van der Waals surface area contributed by atoms with Crippen LogP contribution in [0.25, 0.3) is 0 Å². The molecule has 0 unspecified atom stereocenters. The van der Waals surface area contributed by atoms with E-state index >= 15 is 0 Å². The fraction of sp³-hybridized carbons (Fsp3) is 0.0769. The van der Waals surface area contributed by atoms with E-state index in [2.05, 4.69) is 4.98 Å². The Morgan fingerprint density at radius 3 is 2.81 bits per heavy atom. The number of ether oxygens (including phenoxy) is 1. The topological polar surface area (TPSA) is 115 Å². The number of benzene rings is 1. The molecule has 7 nitrogen and oxygen atoms in total. The monoisotopic (exact) mass is 306 g/mol. The molecule has 1 heterocycles. The molecule has 0 saturated heterocycles. The standard InChI is InChI=1S/C13H11ClN4O3/c1-7-4-5-17-13(11(7)12(15)16)21-10-6-8(18(19)20)2-3-9(10)14/h2-6H,1H3,(H3,15,16). The summed E-state index contributed by atoms with van der Waals surface area (Å²) in [6.07, 6.45) is 1.49. The maximum Gasteiger partial charge on any atom is 0.273 e. The van der Waals surface area contributed by atoms with Crippen LogP contribution >= 0.6 is 11.6 Å². The summed E-state index contributed by atoms with van der Waals surface area (Å²) >= 11 is 5.96. The zero-order valence-corrected chi connectivity index (χ0v) is 11.7. The highest BCUT2D eigenvalue weighted by Crippen LogP contribution is 2.33. The molecule has 0 saturated carbocycles. The van der Waals surface area contributed by atoms with Crippen LogP contribution in [-0.4, -0.2) is 15.7 Å². The average molecular weight is 307 g/mol. The number of nitrogens with one attached hydrogen (secondary N) is 1. The van der Waals surface area contributed by atoms with Gasteiger partial charge < -0.3 is 10.5 Å². The van der Waals surface area contributed by atoms with Gasteiger partial charge in [-0.3, -0.25) is 15.5 Å². The normalized spacial score (nSPS) is 10.2. The molecule has 21 heavy (non-hydrogen) atoms. The van der Waals surface area contributed by atoms with E-state index in [1.54, 1.807) is 13.0 Å². The minimum absolute atomic E-state index is 0.0740. The van der Waals surface area contributed by atoms with E-state index < -0.39 is 4.92 Å². The predicted molar refractivity (Wildman–Crippen MR) is 78.2 cm³/mol. The third-order valence-electron chi connectivity index (χ3n) is 2.73. The summed E-state index contributed by atoms with van der Waals surface area (Å²) in [6.45, 7) is 1.75. The number of aromatic nitrogens is 1. The van der Waals surface area contributed by atoms with Gasteiger partial charge in [0.15, 0.2) is 5.75 Å². The molecule has 0 spiro atoms. The molecule has 0 aliphatic heterocycles. The number of nitro groups is 1. The molecular weight excluding hydrogens is 296 g/mol. The van der Waals surface area contributed by atoms with Gasteiger partial charge in [0.1, 0.15) is 5.84 Å². The van der Waals surface area contributed by atoms with Crippen LogP contribution in [0, 0.1) is 22.4 Å². The molecule has 0 atom stereocenters. The summed E-state index contributed by atoms with van der Waals surface area (Å²) < 4.78 is 5.50. The molecule has 1 aromatic heterocycles. The van der Waals surface area contributed by atoms with Crippen molar-refractivity contribution in [3.63, 3.8) is 0 Å². The number of pyridine rings is 1. The number of aryl methyl sites for hydroxylation is 1. The second kappa shape index (κ2) is 5.76. The van der Waals surface area contributed by atoms with Crippen molar-refractivity contribution in [2.45, 2.75) is 6.92 Å². The number of nitrogens with two attached hydrogens (primary N) is 1. The van der Waals surface area contributed by atoms with Crippen molar-refractivity contribution in [1.82, 2.24) is 4.98 Å². The fourth-order valence-corrected chi connectivity index (χ4v) is 1.88. The van der Waals surface area contributed by atoms with E-state index in [1.807, 2.05) is 0 Å². The Morgan fingerprint density at radius 1 is 1.48 bits per heavy atom. The third kappa shape index (κ3) is 3.09. The lowest BCUT2D eigenvalue weighted by Crippen LogP contribution is -2.15. The third-order valence-corrected chi connectivity index (χ3v) is 3.04. The first-order chi connectivity index (χ1) is 9.90. The van der Waals surface area contributed by atoms with E-state index in [0.717, 1.165) is 0 Å². The van der Waals surface area contributed by atoms with Gasteiger partial charge in [0.2, 0.25) is 5.88 Å². The van der Waals surface area contributed by atoms with E-state index in [-0.39, 0.29) is 28.2 Å². The Hall–Kier alpha value is -2.67. The van der Waals surface area contributed by atoms with Crippen LogP contribution in [0.1, 0.15) is 11.1 Å². The maximum absolute atomic E-state index is 10.8. The van der Waals surface area contributed by atoms with Crippen LogP contribution in [0.2, 0.25) is 5.02 Å². The molecule has 3 N–H and O–H groups in total. The number of amidine groups is 1. The summed E-state index contributed by atoms with van der Waals surface area (Å²) in [7, 11) is 0. The van der Waals surface area contributed by atoms with Crippen molar-refractivity contribution < 1.29 is 9.66 Å². The first kappa shape index (κ1) is 14.7. The highest BCUT2D eigenvalue weighted by molar-refractivity contribution is 6.32. The van der Waals surface area contributed by atoms with E-state index in [1.165, 1.54) is 24.4 Å². The number of non-ortho nitro benzene ring substituents is 1. The lowest BCUT2D eigenvalue weighted by molar-refractivity contribution is -0.384. The minimum Gasteiger partial charge on any atom is -0.436 e. The Bertz CT molecular complexity index is 733. The van der Waals surface area contributed by atoms with Crippen molar-refractivity contribution in [2.75, 3.05) is 0 Å². The molecule has 0 radical (unpaired) electrons. The van der Waals surface area contributed by atoms with Gasteiger partial charge in [-0.05, 0) is 24.6 Å².